The summed E-state index contributed by atoms with van der Waals surface area (Å²) in [4.78, 5) is 11.7. The van der Waals surface area contributed by atoms with E-state index < -0.39 is 15.5 Å². The van der Waals surface area contributed by atoms with E-state index in [1.165, 1.54) is 30.3 Å². The van der Waals surface area contributed by atoms with Crippen molar-refractivity contribution in [2.24, 2.45) is 0 Å². The summed E-state index contributed by atoms with van der Waals surface area (Å²) in [6, 6.07) is 11.3. The topological polar surface area (TPSA) is 86.5 Å². The van der Waals surface area contributed by atoms with E-state index in [1.54, 1.807) is 12.1 Å². The maximum atomic E-state index is 12.1. The number of nitrogen functional groups attached to an aromatic ring is 1. The fourth-order valence-electron chi connectivity index (χ4n) is 1.50. The van der Waals surface area contributed by atoms with Crippen molar-refractivity contribution in [2.75, 3.05) is 5.73 Å². The molecule has 0 radical (unpaired) electrons. The highest BCUT2D eigenvalue weighted by Crippen LogP contribution is 2.16. The largest absolute Gasteiger partial charge is 0.399 e. The van der Waals surface area contributed by atoms with Crippen LogP contribution in [0.5, 0.6) is 5.75 Å². The Bertz CT molecular complexity index is 783. The normalized spacial score (nSPS) is 11.1. The summed E-state index contributed by atoms with van der Waals surface area (Å²) in [6.45, 7) is 1.84. The monoisotopic (exact) mass is 291 g/mol. The van der Waals surface area contributed by atoms with Crippen molar-refractivity contribution >= 4 is 15.8 Å². The van der Waals surface area contributed by atoms with Gasteiger partial charge in [0, 0.05) is 5.69 Å². The smallest absolute Gasteiger partial charge is 0.339 e. The first-order chi connectivity index (χ1) is 9.38. The zero-order valence-electron chi connectivity index (χ0n) is 10.7. The molecule has 0 unspecified atom stereocenters. The Morgan fingerprint density at radius 3 is 2.20 bits per heavy atom. The molecule has 0 heterocycles. The lowest BCUT2D eigenvalue weighted by molar-refractivity contribution is 0.484. The van der Waals surface area contributed by atoms with Gasteiger partial charge in [-0.25, -0.2) is 0 Å². The number of benzene rings is 1. The van der Waals surface area contributed by atoms with Crippen LogP contribution in [0.15, 0.2) is 58.2 Å². The Kier molecular flexibility index (Phi) is 3.76. The fraction of sp³-hybridized carbons (Fsp3) is 0.0714. The van der Waals surface area contributed by atoms with Crippen LogP contribution in [0, 0.1) is 6.92 Å². The van der Waals surface area contributed by atoms with Gasteiger partial charge in [0.05, 0.1) is 0 Å². The quantitative estimate of drug-likeness (QED) is 0.870. The predicted octanol–water partition coefficient (Wildman–Crippen LogP) is 1.71. The minimum atomic E-state index is -4.04. The zero-order valence-corrected chi connectivity index (χ0v) is 11.6. The zero-order chi connectivity index (χ0) is 14.8. The molecule has 0 saturated carbocycles. The molecule has 2 N–H and O–H groups in total. The molecule has 104 valence electrons. The molecule has 6 heteroatoms. The highest BCUT2D eigenvalue weighted by atomic mass is 32.2. The van der Waals surface area contributed by atoms with Crippen LogP contribution < -0.4 is 15.3 Å². The molecular formula is C14H13NO4S. The number of hydrogen-bond acceptors (Lipinski definition) is 5. The van der Waals surface area contributed by atoms with Crippen LogP contribution in [0.2, 0.25) is 0 Å². The lowest BCUT2D eigenvalue weighted by Crippen LogP contribution is -2.14. The SMILES string of the molecule is Cc1ccc(S(=O)(=O)Oc2ccc(N)ccc2=O)cc1. The standard InChI is InChI=1S/C14H13NO4S/c1-10-2-6-12(7-3-10)20(17,18)19-14-9-5-11(15)4-8-13(14)16/h2-9H,15H2,1H3. The fourth-order valence-corrected chi connectivity index (χ4v) is 2.44. The van der Waals surface area contributed by atoms with Crippen molar-refractivity contribution in [3.05, 3.63) is 64.3 Å². The first-order valence-corrected chi connectivity index (χ1v) is 7.20. The molecule has 0 spiro atoms. The average molecular weight is 291 g/mol. The van der Waals surface area contributed by atoms with E-state index in [2.05, 4.69) is 0 Å². The molecule has 5 nitrogen and oxygen atoms in total. The number of rotatable bonds is 3. The van der Waals surface area contributed by atoms with Gasteiger partial charge in [0.15, 0.2) is 5.75 Å². The van der Waals surface area contributed by atoms with Gasteiger partial charge in [-0.3, -0.25) is 4.79 Å². The Balaban J connectivity index is 2.41. The van der Waals surface area contributed by atoms with Gasteiger partial charge in [0.1, 0.15) is 4.90 Å². The molecule has 2 aromatic carbocycles. The molecule has 0 bridgehead atoms. The van der Waals surface area contributed by atoms with Gasteiger partial charge in [0.2, 0.25) is 5.43 Å². The van der Waals surface area contributed by atoms with Crippen molar-refractivity contribution in [1.29, 1.82) is 0 Å². The van der Waals surface area contributed by atoms with Crippen LogP contribution in [0.25, 0.3) is 0 Å². The van der Waals surface area contributed by atoms with Gasteiger partial charge in [-0.05, 0) is 43.3 Å². The van der Waals surface area contributed by atoms with Crippen molar-refractivity contribution in [2.45, 2.75) is 11.8 Å². The lowest BCUT2D eigenvalue weighted by Gasteiger charge is -2.05. The highest BCUT2D eigenvalue weighted by Gasteiger charge is 2.17. The summed E-state index contributed by atoms with van der Waals surface area (Å²) in [5.41, 5.74) is 6.23. The third kappa shape index (κ3) is 3.16. The molecule has 0 aromatic heterocycles. The minimum Gasteiger partial charge on any atom is -0.399 e. The average Bonchev–Trinajstić information content (AvgIpc) is 2.54. The van der Waals surface area contributed by atoms with E-state index in [9.17, 15) is 13.2 Å². The van der Waals surface area contributed by atoms with Gasteiger partial charge in [-0.15, -0.1) is 0 Å². The highest BCUT2D eigenvalue weighted by molar-refractivity contribution is 7.87. The molecule has 0 aliphatic carbocycles. The van der Waals surface area contributed by atoms with Gasteiger partial charge < -0.3 is 9.92 Å². The first kappa shape index (κ1) is 14.1. The van der Waals surface area contributed by atoms with Gasteiger partial charge in [-0.2, -0.15) is 8.42 Å². The Hall–Kier alpha value is -2.34. The Morgan fingerprint density at radius 2 is 1.55 bits per heavy atom. The molecule has 2 aromatic rings. The van der Waals surface area contributed by atoms with E-state index in [1.807, 2.05) is 6.92 Å². The third-order valence-corrected chi connectivity index (χ3v) is 3.85. The van der Waals surface area contributed by atoms with Crippen LogP contribution >= 0.6 is 0 Å². The number of nitrogens with two attached hydrogens (primary N) is 1. The second kappa shape index (κ2) is 5.34. The molecular weight excluding hydrogens is 278 g/mol. The summed E-state index contributed by atoms with van der Waals surface area (Å²) in [7, 11) is -4.04. The van der Waals surface area contributed by atoms with Gasteiger partial charge >= 0.3 is 10.1 Å². The van der Waals surface area contributed by atoms with Crippen molar-refractivity contribution in [3.8, 4) is 5.75 Å². The van der Waals surface area contributed by atoms with E-state index in [0.717, 1.165) is 11.6 Å². The van der Waals surface area contributed by atoms with Crippen molar-refractivity contribution < 1.29 is 12.6 Å². The molecule has 0 atom stereocenters. The molecule has 0 fully saturated rings. The third-order valence-electron chi connectivity index (χ3n) is 2.61. The second-order valence-electron chi connectivity index (χ2n) is 4.25. The van der Waals surface area contributed by atoms with E-state index in [-0.39, 0.29) is 10.6 Å². The number of aryl methyl sites for hydroxylation is 1. The van der Waals surface area contributed by atoms with E-state index >= 15 is 0 Å². The summed E-state index contributed by atoms with van der Waals surface area (Å²) in [5, 5.41) is 0. The van der Waals surface area contributed by atoms with Crippen LogP contribution in [0.3, 0.4) is 0 Å². The summed E-state index contributed by atoms with van der Waals surface area (Å²) in [5.74, 6) is -0.290. The van der Waals surface area contributed by atoms with Crippen LogP contribution in [0.4, 0.5) is 5.69 Å². The van der Waals surface area contributed by atoms with Crippen LogP contribution in [0.1, 0.15) is 5.56 Å². The molecule has 0 amide bonds. The van der Waals surface area contributed by atoms with Crippen molar-refractivity contribution in [1.82, 2.24) is 0 Å². The molecule has 2 rings (SSSR count). The molecule has 0 saturated heterocycles. The Labute approximate surface area is 116 Å². The first-order valence-electron chi connectivity index (χ1n) is 5.79. The summed E-state index contributed by atoms with van der Waals surface area (Å²) >= 11 is 0. The second-order valence-corrected chi connectivity index (χ2v) is 5.79. The molecule has 20 heavy (non-hydrogen) atoms. The minimum absolute atomic E-state index is 0.0121. The summed E-state index contributed by atoms with van der Waals surface area (Å²) in [6.07, 6.45) is 0. The predicted molar refractivity (Wildman–Crippen MR) is 76.1 cm³/mol. The molecule has 0 aliphatic rings. The van der Waals surface area contributed by atoms with Crippen LogP contribution in [-0.2, 0) is 10.1 Å². The van der Waals surface area contributed by atoms with Gasteiger partial charge in [0.25, 0.3) is 0 Å². The van der Waals surface area contributed by atoms with E-state index in [4.69, 9.17) is 9.92 Å². The lowest BCUT2D eigenvalue weighted by atomic mass is 10.2. The van der Waals surface area contributed by atoms with Gasteiger partial charge in [-0.1, -0.05) is 17.7 Å². The summed E-state index contributed by atoms with van der Waals surface area (Å²) < 4.78 is 29.0. The number of anilines is 1. The van der Waals surface area contributed by atoms with Crippen molar-refractivity contribution in [3.63, 3.8) is 0 Å². The maximum absolute atomic E-state index is 12.1. The Morgan fingerprint density at radius 1 is 0.950 bits per heavy atom. The molecule has 0 aliphatic heterocycles. The number of hydrogen-bond donors (Lipinski definition) is 1. The van der Waals surface area contributed by atoms with E-state index in [0.29, 0.717) is 5.69 Å². The maximum Gasteiger partial charge on any atom is 0.339 e. The van der Waals surface area contributed by atoms with Crippen LogP contribution in [-0.4, -0.2) is 8.42 Å².